The Bertz CT molecular complexity index is 447. The average Bonchev–Trinajstić information content (AvgIpc) is 2.73. The molecule has 0 bridgehead atoms. The van der Waals surface area contributed by atoms with Crippen molar-refractivity contribution in [3.8, 4) is 0 Å². The summed E-state index contributed by atoms with van der Waals surface area (Å²) in [5.74, 6) is 0. The normalized spacial score (nSPS) is 17.6. The van der Waals surface area contributed by atoms with Crippen molar-refractivity contribution in [1.82, 2.24) is 19.7 Å². The second-order valence-electron chi connectivity index (χ2n) is 5.71. The molecule has 106 valence electrons. The van der Waals surface area contributed by atoms with Crippen LogP contribution in [0.3, 0.4) is 0 Å². The molecule has 0 atom stereocenters. The summed E-state index contributed by atoms with van der Waals surface area (Å²) in [7, 11) is 0. The predicted octanol–water partition coefficient (Wildman–Crippen LogP) is 2.61. The average molecular weight is 331 g/mol. The molecule has 0 saturated carbocycles. The molecule has 2 rings (SSSR count). The molecule has 1 aromatic rings. The first-order chi connectivity index (χ1) is 8.87. The Morgan fingerprint density at radius 1 is 1.42 bits per heavy atom. The van der Waals surface area contributed by atoms with Crippen LogP contribution in [-0.4, -0.2) is 44.4 Å². The summed E-state index contributed by atoms with van der Waals surface area (Å²) < 4.78 is 8.12. The summed E-state index contributed by atoms with van der Waals surface area (Å²) >= 11 is 3.37. The number of aromatic nitrogens is 3. The first kappa shape index (κ1) is 14.3. The summed E-state index contributed by atoms with van der Waals surface area (Å²) in [4.78, 5) is 13.7. The van der Waals surface area contributed by atoms with Crippen molar-refractivity contribution in [3.05, 3.63) is 11.1 Å². The lowest BCUT2D eigenvalue weighted by Crippen LogP contribution is -2.42. The Balaban J connectivity index is 1.89. The third-order valence-corrected chi connectivity index (χ3v) is 3.61. The summed E-state index contributed by atoms with van der Waals surface area (Å²) in [6.07, 6.45) is 3.26. The van der Waals surface area contributed by atoms with Crippen molar-refractivity contribution in [2.24, 2.45) is 0 Å². The zero-order valence-corrected chi connectivity index (χ0v) is 13.1. The smallest absolute Gasteiger partial charge is 0.410 e. The molecule has 1 aliphatic heterocycles. The number of piperidine rings is 1. The molecule has 1 saturated heterocycles. The van der Waals surface area contributed by atoms with Gasteiger partial charge in [0.15, 0.2) is 4.73 Å². The Kier molecular flexibility index (Phi) is 4.13. The maximum absolute atomic E-state index is 11.9. The Morgan fingerprint density at radius 2 is 2.05 bits per heavy atom. The van der Waals surface area contributed by atoms with Crippen LogP contribution in [-0.2, 0) is 4.74 Å². The monoisotopic (exact) mass is 330 g/mol. The van der Waals surface area contributed by atoms with E-state index in [0.717, 1.165) is 17.6 Å². The molecular weight excluding hydrogens is 312 g/mol. The van der Waals surface area contributed by atoms with E-state index in [2.05, 4.69) is 26.1 Å². The van der Waals surface area contributed by atoms with Gasteiger partial charge in [-0.05, 0) is 49.5 Å². The highest BCUT2D eigenvalue weighted by Crippen LogP contribution is 2.25. The molecule has 0 aliphatic carbocycles. The highest BCUT2D eigenvalue weighted by molar-refractivity contribution is 9.10. The van der Waals surface area contributed by atoms with E-state index in [-0.39, 0.29) is 6.09 Å². The van der Waals surface area contributed by atoms with Gasteiger partial charge in [-0.3, -0.25) is 0 Å². The standard InChI is InChI=1S/C12H19BrN4O2/c1-12(2,3)19-11(18)16-6-4-9(5-7-16)17-8-14-15-10(17)13/h8-9H,4-7H2,1-3H3. The zero-order chi connectivity index (χ0) is 14.0. The van der Waals surface area contributed by atoms with Gasteiger partial charge in [-0.1, -0.05) is 0 Å². The van der Waals surface area contributed by atoms with Crippen molar-refractivity contribution in [2.75, 3.05) is 13.1 Å². The number of hydrogen-bond donors (Lipinski definition) is 0. The van der Waals surface area contributed by atoms with E-state index in [9.17, 15) is 4.79 Å². The number of nitrogens with zero attached hydrogens (tertiary/aromatic N) is 4. The number of ether oxygens (including phenoxy) is 1. The van der Waals surface area contributed by atoms with E-state index in [1.165, 1.54) is 0 Å². The number of rotatable bonds is 1. The lowest BCUT2D eigenvalue weighted by Gasteiger charge is -2.33. The van der Waals surface area contributed by atoms with Gasteiger partial charge in [-0.2, -0.15) is 0 Å². The minimum atomic E-state index is -0.439. The molecule has 0 spiro atoms. The topological polar surface area (TPSA) is 60.2 Å². The summed E-state index contributed by atoms with van der Waals surface area (Å²) in [6, 6.07) is 0.336. The maximum atomic E-state index is 11.9. The largest absolute Gasteiger partial charge is 0.444 e. The Morgan fingerprint density at radius 3 is 2.53 bits per heavy atom. The van der Waals surface area contributed by atoms with E-state index in [4.69, 9.17) is 4.74 Å². The van der Waals surface area contributed by atoms with Gasteiger partial charge in [-0.15, -0.1) is 10.2 Å². The number of hydrogen-bond acceptors (Lipinski definition) is 4. The van der Waals surface area contributed by atoms with E-state index >= 15 is 0 Å². The van der Waals surface area contributed by atoms with Crippen LogP contribution in [0.15, 0.2) is 11.1 Å². The lowest BCUT2D eigenvalue weighted by molar-refractivity contribution is 0.0188. The van der Waals surface area contributed by atoms with Crippen LogP contribution in [0.1, 0.15) is 39.7 Å². The highest BCUT2D eigenvalue weighted by atomic mass is 79.9. The first-order valence-electron chi connectivity index (χ1n) is 6.40. The fourth-order valence-electron chi connectivity index (χ4n) is 2.13. The first-order valence-corrected chi connectivity index (χ1v) is 7.19. The molecule has 0 N–H and O–H groups in total. The van der Waals surface area contributed by atoms with Crippen molar-refractivity contribution >= 4 is 22.0 Å². The molecule has 1 aliphatic rings. The number of likely N-dealkylation sites (tertiary alicyclic amines) is 1. The number of amides is 1. The molecule has 2 heterocycles. The fourth-order valence-corrected chi connectivity index (χ4v) is 2.60. The zero-order valence-electron chi connectivity index (χ0n) is 11.5. The third-order valence-electron chi connectivity index (χ3n) is 3.04. The van der Waals surface area contributed by atoms with E-state index in [1.807, 2.05) is 25.3 Å². The van der Waals surface area contributed by atoms with E-state index < -0.39 is 5.60 Å². The Hall–Kier alpha value is -1.11. The van der Waals surface area contributed by atoms with Crippen molar-refractivity contribution in [2.45, 2.75) is 45.3 Å². The van der Waals surface area contributed by atoms with Crippen LogP contribution in [0.4, 0.5) is 4.79 Å². The summed E-state index contributed by atoms with van der Waals surface area (Å²) in [5.41, 5.74) is -0.439. The second kappa shape index (κ2) is 5.48. The van der Waals surface area contributed by atoms with Crippen LogP contribution >= 0.6 is 15.9 Å². The van der Waals surface area contributed by atoms with Gasteiger partial charge in [0.25, 0.3) is 0 Å². The van der Waals surface area contributed by atoms with E-state index in [1.54, 1.807) is 11.2 Å². The molecule has 6 nitrogen and oxygen atoms in total. The van der Waals surface area contributed by atoms with Gasteiger partial charge in [-0.25, -0.2) is 4.79 Å². The molecular formula is C12H19BrN4O2. The fraction of sp³-hybridized carbons (Fsp3) is 0.750. The number of halogens is 1. The van der Waals surface area contributed by atoms with Gasteiger partial charge in [0, 0.05) is 19.1 Å². The maximum Gasteiger partial charge on any atom is 0.410 e. The lowest BCUT2D eigenvalue weighted by atomic mass is 10.1. The summed E-state index contributed by atoms with van der Waals surface area (Å²) in [5, 5.41) is 7.78. The van der Waals surface area contributed by atoms with Gasteiger partial charge in [0.05, 0.1) is 0 Å². The molecule has 0 aromatic carbocycles. The molecule has 19 heavy (non-hydrogen) atoms. The van der Waals surface area contributed by atoms with Gasteiger partial charge < -0.3 is 14.2 Å². The van der Waals surface area contributed by atoms with Crippen LogP contribution < -0.4 is 0 Å². The molecule has 1 amide bonds. The molecule has 7 heteroatoms. The molecule has 1 fully saturated rings. The van der Waals surface area contributed by atoms with Crippen LogP contribution in [0, 0.1) is 0 Å². The number of carbonyl (C=O) groups excluding carboxylic acids is 1. The van der Waals surface area contributed by atoms with Gasteiger partial charge in [0.1, 0.15) is 11.9 Å². The second-order valence-corrected chi connectivity index (χ2v) is 6.42. The highest BCUT2D eigenvalue weighted by Gasteiger charge is 2.28. The molecule has 1 aromatic heterocycles. The Labute approximate surface area is 121 Å². The van der Waals surface area contributed by atoms with Crippen molar-refractivity contribution in [3.63, 3.8) is 0 Å². The summed E-state index contributed by atoms with van der Waals surface area (Å²) in [6.45, 7) is 7.04. The van der Waals surface area contributed by atoms with Gasteiger partial charge in [0.2, 0.25) is 0 Å². The van der Waals surface area contributed by atoms with Gasteiger partial charge >= 0.3 is 6.09 Å². The van der Waals surface area contributed by atoms with E-state index in [0.29, 0.717) is 19.1 Å². The predicted molar refractivity (Wildman–Crippen MR) is 73.8 cm³/mol. The van der Waals surface area contributed by atoms with Crippen LogP contribution in [0.2, 0.25) is 0 Å². The quantitative estimate of drug-likeness (QED) is 0.794. The SMILES string of the molecule is CC(C)(C)OC(=O)N1CCC(n2cnnc2Br)CC1. The number of carbonyl (C=O) groups is 1. The minimum Gasteiger partial charge on any atom is -0.444 e. The van der Waals surface area contributed by atoms with Crippen molar-refractivity contribution < 1.29 is 9.53 Å². The van der Waals surface area contributed by atoms with Crippen molar-refractivity contribution in [1.29, 1.82) is 0 Å². The third kappa shape index (κ3) is 3.68. The van der Waals surface area contributed by atoms with Crippen LogP contribution in [0.25, 0.3) is 0 Å². The minimum absolute atomic E-state index is 0.228. The molecule has 0 unspecified atom stereocenters. The van der Waals surface area contributed by atoms with Crippen LogP contribution in [0.5, 0.6) is 0 Å². The molecule has 0 radical (unpaired) electrons.